The van der Waals surface area contributed by atoms with Gasteiger partial charge in [0.2, 0.25) is 0 Å². The highest BCUT2D eigenvalue weighted by molar-refractivity contribution is 7.91. The van der Waals surface area contributed by atoms with Crippen molar-refractivity contribution in [1.29, 1.82) is 0 Å². The highest BCUT2D eigenvalue weighted by Crippen LogP contribution is 2.70. The number of fused-ring (bicyclic) bond motifs is 4. The summed E-state index contributed by atoms with van der Waals surface area (Å²) in [6.45, 7) is 4.73. The van der Waals surface area contributed by atoms with Crippen LogP contribution in [0.15, 0.2) is 52.0 Å². The van der Waals surface area contributed by atoms with E-state index in [-0.39, 0.29) is 47.0 Å². The molecule has 2 saturated carbocycles. The van der Waals surface area contributed by atoms with E-state index >= 15 is 4.39 Å². The molecule has 3 unspecified atom stereocenters. The Morgan fingerprint density at radius 3 is 2.32 bits per heavy atom. The van der Waals surface area contributed by atoms with E-state index in [4.69, 9.17) is 0 Å². The third-order valence-electron chi connectivity index (χ3n) is 10.5. The SMILES string of the molecule is CCS(=O)(=O)c1ccc([C@H]2C[C@@]3(C)C(CC[C@@]3(O)C(C)(F)C(C)(F)F)C3CCC4=CC(=O)CCC4=C32)cc1. The predicted octanol–water partition coefficient (Wildman–Crippen LogP) is 6.49. The van der Waals surface area contributed by atoms with Crippen LogP contribution >= 0.6 is 0 Å². The maximum absolute atomic E-state index is 16.1. The molecule has 5 rings (SSSR count). The molecule has 8 heteroatoms. The van der Waals surface area contributed by atoms with Gasteiger partial charge < -0.3 is 5.11 Å². The first kappa shape index (κ1) is 27.6. The molecule has 0 amide bonds. The molecule has 4 nitrogen and oxygen atoms in total. The van der Waals surface area contributed by atoms with Gasteiger partial charge in [-0.2, -0.15) is 0 Å². The van der Waals surface area contributed by atoms with Gasteiger partial charge in [-0.05, 0) is 92.2 Å². The number of sulfone groups is 1. The number of hydrogen-bond acceptors (Lipinski definition) is 4. The van der Waals surface area contributed by atoms with Gasteiger partial charge in [-0.1, -0.05) is 31.6 Å². The van der Waals surface area contributed by atoms with E-state index in [1.807, 2.05) is 0 Å². The molecule has 0 saturated heterocycles. The zero-order valence-electron chi connectivity index (χ0n) is 22.5. The quantitative estimate of drug-likeness (QED) is 0.455. The van der Waals surface area contributed by atoms with E-state index in [0.717, 1.165) is 29.2 Å². The van der Waals surface area contributed by atoms with Gasteiger partial charge in [0.15, 0.2) is 21.3 Å². The molecule has 1 aromatic carbocycles. The van der Waals surface area contributed by atoms with Crippen LogP contribution in [0.4, 0.5) is 13.2 Å². The third kappa shape index (κ3) is 3.80. The first-order valence-corrected chi connectivity index (χ1v) is 15.3. The second-order valence-corrected chi connectivity index (χ2v) is 14.5. The molecule has 0 bridgehead atoms. The van der Waals surface area contributed by atoms with Crippen molar-refractivity contribution in [2.24, 2.45) is 17.3 Å². The highest BCUT2D eigenvalue weighted by atomic mass is 32.2. The van der Waals surface area contributed by atoms with E-state index in [9.17, 15) is 27.1 Å². The lowest BCUT2D eigenvalue weighted by Gasteiger charge is -2.57. The zero-order chi connectivity index (χ0) is 27.9. The molecule has 38 heavy (non-hydrogen) atoms. The summed E-state index contributed by atoms with van der Waals surface area (Å²) in [5, 5.41) is 11.9. The van der Waals surface area contributed by atoms with Crippen LogP contribution in [-0.2, 0) is 14.6 Å². The maximum Gasteiger partial charge on any atom is 0.281 e. The first-order valence-electron chi connectivity index (χ1n) is 13.7. The molecule has 0 aromatic heterocycles. The molecule has 6 atom stereocenters. The highest BCUT2D eigenvalue weighted by Gasteiger charge is 2.73. The molecule has 4 aliphatic carbocycles. The zero-order valence-corrected chi connectivity index (χ0v) is 23.3. The minimum absolute atomic E-state index is 0.0254. The molecule has 1 aromatic rings. The van der Waals surface area contributed by atoms with Crippen molar-refractivity contribution in [3.63, 3.8) is 0 Å². The minimum atomic E-state index is -3.74. The van der Waals surface area contributed by atoms with Gasteiger partial charge >= 0.3 is 0 Å². The summed E-state index contributed by atoms with van der Waals surface area (Å²) >= 11 is 0. The lowest BCUT2D eigenvalue weighted by molar-refractivity contribution is -0.252. The average Bonchev–Trinajstić information content (AvgIpc) is 3.14. The summed E-state index contributed by atoms with van der Waals surface area (Å²) < 4.78 is 70.3. The molecule has 0 aliphatic heterocycles. The summed E-state index contributed by atoms with van der Waals surface area (Å²) in [7, 11) is -3.41. The van der Waals surface area contributed by atoms with Crippen molar-refractivity contribution in [3.05, 3.63) is 52.6 Å². The average molecular weight is 551 g/mol. The van der Waals surface area contributed by atoms with E-state index in [0.29, 0.717) is 39.0 Å². The monoisotopic (exact) mass is 550 g/mol. The normalized spacial score (nSPS) is 35.2. The number of ketones is 1. The fraction of sp³-hybridized carbons (Fsp3) is 0.633. The largest absolute Gasteiger partial charge is 0.386 e. The first-order chi connectivity index (χ1) is 17.6. The number of aliphatic hydroxyl groups is 1. The Morgan fingerprint density at radius 2 is 1.71 bits per heavy atom. The summed E-state index contributed by atoms with van der Waals surface area (Å²) in [5.74, 6) is -4.19. The Bertz CT molecular complexity index is 1320. The van der Waals surface area contributed by atoms with Gasteiger partial charge in [-0.15, -0.1) is 0 Å². The van der Waals surface area contributed by atoms with E-state index in [1.54, 1.807) is 44.2 Å². The second kappa shape index (κ2) is 8.79. The lowest BCUT2D eigenvalue weighted by atomic mass is 9.49. The van der Waals surface area contributed by atoms with Crippen molar-refractivity contribution in [2.45, 2.75) is 101 Å². The third-order valence-corrected chi connectivity index (χ3v) is 12.3. The number of carbonyl (C=O) groups excluding carboxylic acids is 1. The lowest BCUT2D eigenvalue weighted by Crippen LogP contribution is -2.66. The number of alkyl halides is 3. The van der Waals surface area contributed by atoms with E-state index in [2.05, 4.69) is 0 Å². The van der Waals surface area contributed by atoms with E-state index in [1.165, 1.54) is 0 Å². The molecule has 0 spiro atoms. The number of hydrogen-bond donors (Lipinski definition) is 1. The van der Waals surface area contributed by atoms with Gasteiger partial charge in [-0.3, -0.25) is 4.79 Å². The van der Waals surface area contributed by atoms with Gasteiger partial charge in [-0.25, -0.2) is 21.6 Å². The van der Waals surface area contributed by atoms with Crippen LogP contribution in [-0.4, -0.2) is 42.3 Å². The van der Waals surface area contributed by atoms with Crippen LogP contribution in [0, 0.1) is 17.3 Å². The summed E-state index contributed by atoms with van der Waals surface area (Å²) in [6, 6.07) is 6.69. The van der Waals surface area contributed by atoms with Crippen molar-refractivity contribution in [3.8, 4) is 0 Å². The molecule has 1 N–H and O–H groups in total. The molecular formula is C30H37F3O4S. The van der Waals surface area contributed by atoms with Crippen LogP contribution in [0.3, 0.4) is 0 Å². The molecule has 0 heterocycles. The van der Waals surface area contributed by atoms with Crippen LogP contribution < -0.4 is 0 Å². The van der Waals surface area contributed by atoms with Crippen LogP contribution in [0.1, 0.15) is 84.1 Å². The van der Waals surface area contributed by atoms with Crippen LogP contribution in [0.5, 0.6) is 0 Å². The van der Waals surface area contributed by atoms with Crippen LogP contribution in [0.25, 0.3) is 0 Å². The Hall–Kier alpha value is -1.93. The van der Waals surface area contributed by atoms with Gasteiger partial charge in [0.05, 0.1) is 10.6 Å². The second-order valence-electron chi connectivity index (χ2n) is 12.3. The van der Waals surface area contributed by atoms with Gasteiger partial charge in [0.1, 0.15) is 5.60 Å². The van der Waals surface area contributed by atoms with Gasteiger partial charge in [0.25, 0.3) is 5.92 Å². The Balaban J connectivity index is 1.68. The minimum Gasteiger partial charge on any atom is -0.386 e. The topological polar surface area (TPSA) is 71.4 Å². The molecule has 4 aliphatic rings. The van der Waals surface area contributed by atoms with Crippen molar-refractivity contribution >= 4 is 15.6 Å². The van der Waals surface area contributed by atoms with Crippen LogP contribution in [0.2, 0.25) is 0 Å². The van der Waals surface area contributed by atoms with Crippen molar-refractivity contribution in [2.75, 3.05) is 5.75 Å². The number of rotatable bonds is 5. The molecule has 2 fully saturated rings. The fourth-order valence-electron chi connectivity index (χ4n) is 8.17. The summed E-state index contributed by atoms with van der Waals surface area (Å²) in [6.07, 6.45) is 4.80. The summed E-state index contributed by atoms with van der Waals surface area (Å²) in [5.41, 5.74) is -2.35. The Morgan fingerprint density at radius 1 is 1.05 bits per heavy atom. The predicted molar refractivity (Wildman–Crippen MR) is 140 cm³/mol. The Labute approximate surface area is 223 Å². The van der Waals surface area contributed by atoms with E-state index < -0.39 is 32.4 Å². The maximum atomic E-state index is 16.1. The fourth-order valence-corrected chi connectivity index (χ4v) is 9.06. The molecule has 208 valence electrons. The van der Waals surface area contributed by atoms with Crippen molar-refractivity contribution < 1.29 is 31.5 Å². The number of benzene rings is 1. The number of halogens is 3. The summed E-state index contributed by atoms with van der Waals surface area (Å²) in [4.78, 5) is 12.4. The number of allylic oxidation sites excluding steroid dienone is 4. The Kier molecular flexibility index (Phi) is 6.39. The number of carbonyl (C=O) groups is 1. The standard InChI is InChI=1S/C30H37F3O4S/c1-5-38(36,37)21-10-6-18(7-11-21)24-17-27(2)25(14-15-30(27,35)28(3,31)29(4,32)33)23-12-8-19-16-20(34)9-13-22(19)26(23)24/h6-7,10-11,16,23-25,35H,5,8-9,12-15,17H2,1-4H3/t23?,24-,25?,27+,28?,30+/m1/s1. The van der Waals surface area contributed by atoms with Crippen molar-refractivity contribution in [1.82, 2.24) is 0 Å². The molecular weight excluding hydrogens is 513 g/mol. The van der Waals surface area contributed by atoms with Gasteiger partial charge in [0, 0.05) is 24.7 Å². The molecule has 0 radical (unpaired) electrons. The smallest absolute Gasteiger partial charge is 0.281 e.